The van der Waals surface area contributed by atoms with Crippen LogP contribution in [0.25, 0.3) is 0 Å². The zero-order chi connectivity index (χ0) is 11.1. The van der Waals surface area contributed by atoms with Crippen molar-refractivity contribution in [3.05, 3.63) is 24.3 Å². The molecule has 0 unspecified atom stereocenters. The van der Waals surface area contributed by atoms with Crippen molar-refractivity contribution in [1.29, 1.82) is 0 Å². The summed E-state index contributed by atoms with van der Waals surface area (Å²) >= 11 is 0. The highest BCUT2D eigenvalue weighted by molar-refractivity contribution is 5.39. The summed E-state index contributed by atoms with van der Waals surface area (Å²) < 4.78 is 10.6. The van der Waals surface area contributed by atoms with E-state index in [1.807, 2.05) is 19.1 Å². The van der Waals surface area contributed by atoms with Crippen molar-refractivity contribution >= 4 is 0 Å². The zero-order valence-corrected chi connectivity index (χ0v) is 8.72. The number of aliphatic hydroxyl groups excluding tert-OH is 2. The normalized spacial score (nSPS) is 12.2. The molecule has 0 aliphatic heterocycles. The number of hydrogen-bond acceptors (Lipinski definition) is 4. The van der Waals surface area contributed by atoms with Crippen LogP contribution in [-0.4, -0.2) is 36.1 Å². The van der Waals surface area contributed by atoms with Gasteiger partial charge >= 0.3 is 0 Å². The molecule has 0 aromatic heterocycles. The first kappa shape index (κ1) is 11.8. The predicted molar refractivity (Wildman–Crippen MR) is 56.2 cm³/mol. The first-order valence-corrected chi connectivity index (χ1v) is 4.91. The topological polar surface area (TPSA) is 58.9 Å². The molecule has 1 atom stereocenters. The third kappa shape index (κ3) is 3.77. The van der Waals surface area contributed by atoms with Gasteiger partial charge in [0.05, 0.1) is 13.2 Å². The van der Waals surface area contributed by atoms with Gasteiger partial charge in [-0.1, -0.05) is 12.1 Å². The maximum absolute atomic E-state index is 9.12. The summed E-state index contributed by atoms with van der Waals surface area (Å²) in [6.07, 6.45) is -0.861. The molecule has 0 amide bonds. The van der Waals surface area contributed by atoms with Crippen LogP contribution < -0.4 is 9.47 Å². The highest BCUT2D eigenvalue weighted by Crippen LogP contribution is 2.26. The minimum atomic E-state index is -0.861. The van der Waals surface area contributed by atoms with Crippen molar-refractivity contribution in [3.63, 3.8) is 0 Å². The maximum atomic E-state index is 9.12. The van der Waals surface area contributed by atoms with E-state index in [4.69, 9.17) is 19.7 Å². The van der Waals surface area contributed by atoms with Crippen LogP contribution in [0.4, 0.5) is 0 Å². The monoisotopic (exact) mass is 212 g/mol. The molecule has 84 valence electrons. The largest absolute Gasteiger partial charge is 0.490 e. The highest BCUT2D eigenvalue weighted by atomic mass is 16.5. The van der Waals surface area contributed by atoms with Crippen molar-refractivity contribution in [2.75, 3.05) is 19.8 Å². The first-order chi connectivity index (χ1) is 7.27. The highest BCUT2D eigenvalue weighted by Gasteiger charge is 2.06. The Morgan fingerprint density at radius 1 is 1.20 bits per heavy atom. The quantitative estimate of drug-likeness (QED) is 0.733. The third-order valence-electron chi connectivity index (χ3n) is 1.79. The Bertz CT molecular complexity index is 288. The molecule has 1 aromatic rings. The van der Waals surface area contributed by atoms with Gasteiger partial charge in [-0.3, -0.25) is 0 Å². The molecule has 1 aromatic carbocycles. The molecule has 0 heterocycles. The van der Waals surface area contributed by atoms with E-state index >= 15 is 0 Å². The molecule has 0 aliphatic carbocycles. The zero-order valence-electron chi connectivity index (χ0n) is 8.72. The number of benzene rings is 1. The lowest BCUT2D eigenvalue weighted by molar-refractivity contribution is 0.0525. The van der Waals surface area contributed by atoms with Gasteiger partial charge in [0, 0.05) is 0 Å². The van der Waals surface area contributed by atoms with E-state index in [9.17, 15) is 0 Å². The van der Waals surface area contributed by atoms with Gasteiger partial charge in [-0.15, -0.1) is 0 Å². The van der Waals surface area contributed by atoms with E-state index in [1.165, 1.54) is 0 Å². The van der Waals surface area contributed by atoms with Gasteiger partial charge in [-0.2, -0.15) is 0 Å². The van der Waals surface area contributed by atoms with Gasteiger partial charge in [0.1, 0.15) is 12.7 Å². The number of rotatable bonds is 6. The lowest BCUT2D eigenvalue weighted by Crippen LogP contribution is -2.21. The molecule has 4 heteroatoms. The van der Waals surface area contributed by atoms with E-state index in [2.05, 4.69) is 0 Å². The van der Waals surface area contributed by atoms with Crippen molar-refractivity contribution in [1.82, 2.24) is 0 Å². The Morgan fingerprint density at radius 3 is 2.33 bits per heavy atom. The van der Waals surface area contributed by atoms with Gasteiger partial charge in [-0.25, -0.2) is 0 Å². The first-order valence-electron chi connectivity index (χ1n) is 4.91. The third-order valence-corrected chi connectivity index (χ3v) is 1.79. The molecule has 0 saturated heterocycles. The molecule has 2 N–H and O–H groups in total. The molecule has 15 heavy (non-hydrogen) atoms. The van der Waals surface area contributed by atoms with Crippen LogP contribution in [0.1, 0.15) is 6.92 Å². The SMILES string of the molecule is CCOc1ccccc1OC[C@@H](O)CO. The second kappa shape index (κ2) is 6.27. The summed E-state index contributed by atoms with van der Waals surface area (Å²) in [5.74, 6) is 1.22. The van der Waals surface area contributed by atoms with Crippen LogP contribution in [0.3, 0.4) is 0 Å². The fourth-order valence-electron chi connectivity index (χ4n) is 1.08. The van der Waals surface area contributed by atoms with E-state index < -0.39 is 6.10 Å². The molecule has 0 fully saturated rings. The molecule has 0 radical (unpaired) electrons. The minimum Gasteiger partial charge on any atom is -0.490 e. The maximum Gasteiger partial charge on any atom is 0.161 e. The molecule has 4 nitrogen and oxygen atoms in total. The number of aliphatic hydroxyl groups is 2. The average Bonchev–Trinajstić information content (AvgIpc) is 2.28. The fraction of sp³-hybridized carbons (Fsp3) is 0.455. The summed E-state index contributed by atoms with van der Waals surface area (Å²) in [6, 6.07) is 7.22. The molecular weight excluding hydrogens is 196 g/mol. The number of ether oxygens (including phenoxy) is 2. The van der Waals surface area contributed by atoms with E-state index in [0.29, 0.717) is 18.1 Å². The molecular formula is C11H16O4. The van der Waals surface area contributed by atoms with Crippen molar-refractivity contribution in [2.45, 2.75) is 13.0 Å². The Morgan fingerprint density at radius 2 is 1.80 bits per heavy atom. The lowest BCUT2D eigenvalue weighted by Gasteiger charge is -2.13. The summed E-state index contributed by atoms with van der Waals surface area (Å²) in [5, 5.41) is 17.7. The second-order valence-corrected chi connectivity index (χ2v) is 3.03. The number of para-hydroxylation sites is 2. The summed E-state index contributed by atoms with van der Waals surface area (Å²) in [5.41, 5.74) is 0. The van der Waals surface area contributed by atoms with E-state index in [1.54, 1.807) is 12.1 Å². The van der Waals surface area contributed by atoms with Crippen LogP contribution >= 0.6 is 0 Å². The van der Waals surface area contributed by atoms with Crippen molar-refractivity contribution in [3.8, 4) is 11.5 Å². The van der Waals surface area contributed by atoms with Crippen LogP contribution in [0.5, 0.6) is 11.5 Å². The Balaban J connectivity index is 2.58. The van der Waals surface area contributed by atoms with E-state index in [-0.39, 0.29) is 13.2 Å². The van der Waals surface area contributed by atoms with Gasteiger partial charge in [0.15, 0.2) is 11.5 Å². The smallest absolute Gasteiger partial charge is 0.161 e. The Kier molecular flexibility index (Phi) is 4.93. The standard InChI is InChI=1S/C11H16O4/c1-2-14-10-5-3-4-6-11(10)15-8-9(13)7-12/h3-6,9,12-13H,2,7-8H2,1H3/t9-/m0/s1. The predicted octanol–water partition coefficient (Wildman–Crippen LogP) is 0.817. The Labute approximate surface area is 89.1 Å². The Hall–Kier alpha value is -1.26. The number of hydrogen-bond donors (Lipinski definition) is 2. The second-order valence-electron chi connectivity index (χ2n) is 3.03. The van der Waals surface area contributed by atoms with Crippen LogP contribution in [-0.2, 0) is 0 Å². The fourth-order valence-corrected chi connectivity index (χ4v) is 1.08. The summed E-state index contributed by atoms with van der Waals surface area (Å²) in [6.45, 7) is 2.19. The van der Waals surface area contributed by atoms with Crippen molar-refractivity contribution < 1.29 is 19.7 Å². The van der Waals surface area contributed by atoms with Crippen LogP contribution in [0.2, 0.25) is 0 Å². The molecule has 0 spiro atoms. The molecule has 0 aliphatic rings. The van der Waals surface area contributed by atoms with Gasteiger partial charge in [-0.05, 0) is 19.1 Å². The molecule has 0 saturated carbocycles. The lowest BCUT2D eigenvalue weighted by atomic mass is 10.3. The van der Waals surface area contributed by atoms with Gasteiger partial charge < -0.3 is 19.7 Å². The van der Waals surface area contributed by atoms with Gasteiger partial charge in [0.2, 0.25) is 0 Å². The van der Waals surface area contributed by atoms with Crippen LogP contribution in [0.15, 0.2) is 24.3 Å². The molecule has 1 rings (SSSR count). The van der Waals surface area contributed by atoms with Crippen molar-refractivity contribution in [2.24, 2.45) is 0 Å². The summed E-state index contributed by atoms with van der Waals surface area (Å²) in [7, 11) is 0. The summed E-state index contributed by atoms with van der Waals surface area (Å²) in [4.78, 5) is 0. The molecule has 0 bridgehead atoms. The minimum absolute atomic E-state index is 0.0561. The van der Waals surface area contributed by atoms with Gasteiger partial charge in [0.25, 0.3) is 0 Å². The van der Waals surface area contributed by atoms with E-state index in [0.717, 1.165) is 0 Å². The van der Waals surface area contributed by atoms with Crippen LogP contribution in [0, 0.1) is 0 Å². The average molecular weight is 212 g/mol.